The van der Waals surface area contributed by atoms with Gasteiger partial charge in [-0.2, -0.15) is 0 Å². The Bertz CT molecular complexity index is 613. The molecule has 0 fully saturated rings. The Kier molecular flexibility index (Phi) is 4.93. The zero-order valence-electron chi connectivity index (χ0n) is 12.2. The predicted octanol–water partition coefficient (Wildman–Crippen LogP) is 4.00. The first-order valence-corrected chi connectivity index (χ1v) is 6.92. The summed E-state index contributed by atoms with van der Waals surface area (Å²) in [7, 11) is 0. The molecular formula is C17H19FN2O. The second-order valence-corrected chi connectivity index (χ2v) is 5.07. The second-order valence-electron chi connectivity index (χ2n) is 5.07. The van der Waals surface area contributed by atoms with Crippen LogP contribution in [0.1, 0.15) is 25.3 Å². The molecule has 0 aliphatic heterocycles. The molecule has 2 aromatic rings. The maximum atomic E-state index is 13.6. The third kappa shape index (κ3) is 4.31. The van der Waals surface area contributed by atoms with Crippen molar-refractivity contribution in [3.05, 3.63) is 59.9 Å². The van der Waals surface area contributed by atoms with Crippen molar-refractivity contribution >= 4 is 17.3 Å². The number of benzene rings is 2. The minimum atomic E-state index is -0.438. The number of amides is 1. The van der Waals surface area contributed by atoms with E-state index in [1.165, 1.54) is 18.6 Å². The Balaban J connectivity index is 2.01. The van der Waals surface area contributed by atoms with Gasteiger partial charge in [0.05, 0.1) is 5.69 Å². The first-order chi connectivity index (χ1) is 10.1. The number of anilines is 2. The number of carbonyl (C=O) groups is 1. The van der Waals surface area contributed by atoms with Crippen LogP contribution >= 0.6 is 0 Å². The van der Waals surface area contributed by atoms with Gasteiger partial charge in [0.15, 0.2) is 0 Å². The number of carbonyl (C=O) groups excluding carboxylic acids is 1. The van der Waals surface area contributed by atoms with Gasteiger partial charge in [0.2, 0.25) is 5.91 Å². The molecule has 2 N–H and O–H groups in total. The smallest absolute Gasteiger partial charge is 0.221 e. The Hall–Kier alpha value is -2.36. The summed E-state index contributed by atoms with van der Waals surface area (Å²) in [5.74, 6) is -0.393. The van der Waals surface area contributed by atoms with Crippen LogP contribution in [0.2, 0.25) is 0 Å². The zero-order chi connectivity index (χ0) is 15.2. The van der Waals surface area contributed by atoms with Crippen LogP contribution in [0.3, 0.4) is 0 Å². The molecule has 1 atom stereocenters. The largest absolute Gasteiger partial charge is 0.384 e. The van der Waals surface area contributed by atoms with Gasteiger partial charge in [-0.15, -0.1) is 0 Å². The number of hydrogen-bond acceptors (Lipinski definition) is 2. The maximum Gasteiger partial charge on any atom is 0.221 e. The molecular weight excluding hydrogens is 267 g/mol. The van der Waals surface area contributed by atoms with Crippen molar-refractivity contribution in [1.29, 1.82) is 0 Å². The van der Waals surface area contributed by atoms with Crippen molar-refractivity contribution < 1.29 is 9.18 Å². The van der Waals surface area contributed by atoms with Crippen LogP contribution in [0, 0.1) is 5.82 Å². The number of rotatable bonds is 5. The fourth-order valence-corrected chi connectivity index (χ4v) is 2.09. The van der Waals surface area contributed by atoms with Crippen molar-refractivity contribution in [2.45, 2.75) is 19.8 Å². The molecule has 2 rings (SSSR count). The molecule has 1 unspecified atom stereocenters. The molecule has 0 aromatic heterocycles. The quantitative estimate of drug-likeness (QED) is 0.872. The van der Waals surface area contributed by atoms with Crippen LogP contribution in [0.25, 0.3) is 0 Å². The summed E-state index contributed by atoms with van der Waals surface area (Å²) in [4.78, 5) is 11.0. The standard InChI is InChI=1S/C17H19FN2O/c1-12(14-6-4-3-5-7-14)11-19-15-8-9-16(18)17(10-15)20-13(2)21/h3-10,12,19H,11H2,1-2H3,(H,20,21). The van der Waals surface area contributed by atoms with Crippen LogP contribution in [-0.2, 0) is 4.79 Å². The molecule has 0 spiro atoms. The van der Waals surface area contributed by atoms with E-state index in [4.69, 9.17) is 0 Å². The van der Waals surface area contributed by atoms with Crippen LogP contribution < -0.4 is 10.6 Å². The normalized spacial score (nSPS) is 11.8. The summed E-state index contributed by atoms with van der Waals surface area (Å²) in [6.45, 7) is 4.22. The second kappa shape index (κ2) is 6.88. The number of hydrogen-bond donors (Lipinski definition) is 2. The van der Waals surface area contributed by atoms with E-state index < -0.39 is 5.82 Å². The van der Waals surface area contributed by atoms with Crippen LogP contribution in [0.15, 0.2) is 48.5 Å². The Morgan fingerprint density at radius 1 is 1.19 bits per heavy atom. The lowest BCUT2D eigenvalue weighted by molar-refractivity contribution is -0.114. The highest BCUT2D eigenvalue weighted by Gasteiger charge is 2.07. The molecule has 0 saturated carbocycles. The van der Waals surface area contributed by atoms with E-state index in [0.29, 0.717) is 5.92 Å². The van der Waals surface area contributed by atoms with E-state index in [9.17, 15) is 9.18 Å². The third-order valence-corrected chi connectivity index (χ3v) is 3.26. The Morgan fingerprint density at radius 2 is 1.90 bits per heavy atom. The van der Waals surface area contributed by atoms with E-state index in [1.54, 1.807) is 12.1 Å². The minimum Gasteiger partial charge on any atom is -0.384 e. The topological polar surface area (TPSA) is 41.1 Å². The summed E-state index contributed by atoms with van der Waals surface area (Å²) in [5, 5.41) is 5.74. The highest BCUT2D eigenvalue weighted by Crippen LogP contribution is 2.21. The summed E-state index contributed by atoms with van der Waals surface area (Å²) in [5.41, 5.74) is 2.22. The monoisotopic (exact) mass is 286 g/mol. The molecule has 4 heteroatoms. The van der Waals surface area contributed by atoms with Gasteiger partial charge in [-0.25, -0.2) is 4.39 Å². The molecule has 0 aliphatic rings. The van der Waals surface area contributed by atoms with E-state index in [-0.39, 0.29) is 11.6 Å². The first kappa shape index (κ1) is 15.0. The third-order valence-electron chi connectivity index (χ3n) is 3.26. The Morgan fingerprint density at radius 3 is 2.57 bits per heavy atom. The van der Waals surface area contributed by atoms with Crippen molar-refractivity contribution in [2.24, 2.45) is 0 Å². The predicted molar refractivity (Wildman–Crippen MR) is 84.1 cm³/mol. The van der Waals surface area contributed by atoms with E-state index in [1.807, 2.05) is 18.2 Å². The molecule has 2 aromatic carbocycles. The first-order valence-electron chi connectivity index (χ1n) is 6.92. The van der Waals surface area contributed by atoms with E-state index >= 15 is 0 Å². The van der Waals surface area contributed by atoms with Gasteiger partial charge >= 0.3 is 0 Å². The average Bonchev–Trinajstić information content (AvgIpc) is 2.48. The average molecular weight is 286 g/mol. The summed E-state index contributed by atoms with van der Waals surface area (Å²) < 4.78 is 13.6. The summed E-state index contributed by atoms with van der Waals surface area (Å²) in [6, 6.07) is 14.8. The Labute approximate surface area is 124 Å². The highest BCUT2D eigenvalue weighted by atomic mass is 19.1. The highest BCUT2D eigenvalue weighted by molar-refractivity contribution is 5.89. The van der Waals surface area contributed by atoms with Gasteiger partial charge in [-0.3, -0.25) is 4.79 Å². The lowest BCUT2D eigenvalue weighted by atomic mass is 10.0. The van der Waals surface area contributed by atoms with Gasteiger partial charge in [0, 0.05) is 19.2 Å². The van der Waals surface area contributed by atoms with Crippen molar-refractivity contribution in [1.82, 2.24) is 0 Å². The van der Waals surface area contributed by atoms with Crippen molar-refractivity contribution in [3.63, 3.8) is 0 Å². The molecule has 21 heavy (non-hydrogen) atoms. The van der Waals surface area contributed by atoms with Gasteiger partial charge in [-0.05, 0) is 29.7 Å². The summed E-state index contributed by atoms with van der Waals surface area (Å²) >= 11 is 0. The van der Waals surface area contributed by atoms with Gasteiger partial charge in [0.1, 0.15) is 5.82 Å². The lowest BCUT2D eigenvalue weighted by Gasteiger charge is -2.15. The maximum absolute atomic E-state index is 13.6. The fraction of sp³-hybridized carbons (Fsp3) is 0.235. The van der Waals surface area contributed by atoms with E-state index in [2.05, 4.69) is 29.7 Å². The molecule has 110 valence electrons. The molecule has 0 aliphatic carbocycles. The van der Waals surface area contributed by atoms with E-state index in [0.717, 1.165) is 12.2 Å². The van der Waals surface area contributed by atoms with Crippen molar-refractivity contribution in [2.75, 3.05) is 17.2 Å². The molecule has 1 amide bonds. The molecule has 0 bridgehead atoms. The summed E-state index contributed by atoms with van der Waals surface area (Å²) in [6.07, 6.45) is 0. The fourth-order valence-electron chi connectivity index (χ4n) is 2.09. The van der Waals surface area contributed by atoms with Crippen LogP contribution in [0.5, 0.6) is 0 Å². The van der Waals surface area contributed by atoms with Crippen LogP contribution in [0.4, 0.5) is 15.8 Å². The SMILES string of the molecule is CC(=O)Nc1cc(NCC(C)c2ccccc2)ccc1F. The van der Waals surface area contributed by atoms with Crippen molar-refractivity contribution in [3.8, 4) is 0 Å². The van der Waals surface area contributed by atoms with Gasteiger partial charge in [0.25, 0.3) is 0 Å². The number of halogens is 1. The molecule has 0 heterocycles. The molecule has 3 nitrogen and oxygen atoms in total. The minimum absolute atomic E-state index is 0.194. The zero-order valence-corrected chi connectivity index (χ0v) is 12.2. The number of nitrogens with one attached hydrogen (secondary N) is 2. The molecule has 0 radical (unpaired) electrons. The van der Waals surface area contributed by atoms with Gasteiger partial charge in [-0.1, -0.05) is 37.3 Å². The van der Waals surface area contributed by atoms with Crippen LogP contribution in [-0.4, -0.2) is 12.5 Å². The van der Waals surface area contributed by atoms with Gasteiger partial charge < -0.3 is 10.6 Å². The lowest BCUT2D eigenvalue weighted by Crippen LogP contribution is -2.11. The molecule has 0 saturated heterocycles.